The molecule has 0 N–H and O–H groups in total. The van der Waals surface area contributed by atoms with Gasteiger partial charge in [-0.05, 0) is 6.07 Å². The van der Waals surface area contributed by atoms with E-state index in [4.69, 9.17) is 9.47 Å². The largest absolute Gasteiger partial charge is 0.374 e. The number of para-hydroxylation sites is 1. The Kier molecular flexibility index (Phi) is 2.94. The minimum Gasteiger partial charge on any atom is -0.374 e. The van der Waals surface area contributed by atoms with Gasteiger partial charge in [0.1, 0.15) is 6.10 Å². The number of benzene rings is 1. The number of epoxide rings is 1. The van der Waals surface area contributed by atoms with Crippen LogP contribution in [0.3, 0.4) is 0 Å². The maximum atomic E-state index is 10.7. The number of nitrogens with zero attached hydrogens (tertiary/aromatic N) is 1. The molecule has 1 saturated heterocycles. The highest BCUT2D eigenvalue weighted by Gasteiger charge is 2.22. The molecule has 1 aromatic carbocycles. The summed E-state index contributed by atoms with van der Waals surface area (Å²) >= 11 is 0. The van der Waals surface area contributed by atoms with E-state index in [1.54, 1.807) is 18.2 Å². The van der Waals surface area contributed by atoms with Crippen molar-refractivity contribution in [1.29, 1.82) is 0 Å². The van der Waals surface area contributed by atoms with E-state index in [-0.39, 0.29) is 18.4 Å². The molecule has 15 heavy (non-hydrogen) atoms. The molecule has 0 saturated carbocycles. The van der Waals surface area contributed by atoms with Gasteiger partial charge < -0.3 is 9.47 Å². The third kappa shape index (κ3) is 2.74. The van der Waals surface area contributed by atoms with Crippen molar-refractivity contribution in [3.63, 3.8) is 0 Å². The lowest BCUT2D eigenvalue weighted by Gasteiger charge is -2.02. The van der Waals surface area contributed by atoms with Crippen molar-refractivity contribution in [2.75, 3.05) is 13.2 Å². The van der Waals surface area contributed by atoms with Gasteiger partial charge in [-0.2, -0.15) is 0 Å². The van der Waals surface area contributed by atoms with Gasteiger partial charge in [-0.3, -0.25) is 10.1 Å². The van der Waals surface area contributed by atoms with Crippen LogP contribution in [0.1, 0.15) is 5.56 Å². The van der Waals surface area contributed by atoms with E-state index in [0.29, 0.717) is 12.2 Å². The summed E-state index contributed by atoms with van der Waals surface area (Å²) in [7, 11) is 0. The van der Waals surface area contributed by atoms with Crippen LogP contribution in [0.4, 0.5) is 5.69 Å². The van der Waals surface area contributed by atoms with Crippen LogP contribution >= 0.6 is 0 Å². The normalized spacial score (nSPS) is 18.8. The molecule has 1 aliphatic heterocycles. The Bertz CT molecular complexity index is 362. The molecule has 0 spiro atoms. The van der Waals surface area contributed by atoms with E-state index in [1.165, 1.54) is 6.07 Å². The topological polar surface area (TPSA) is 64.9 Å². The first-order chi connectivity index (χ1) is 7.27. The van der Waals surface area contributed by atoms with Crippen molar-refractivity contribution in [3.8, 4) is 0 Å². The van der Waals surface area contributed by atoms with Gasteiger partial charge in [0.25, 0.3) is 5.69 Å². The fraction of sp³-hybridized carbons (Fsp3) is 0.400. The molecule has 80 valence electrons. The Morgan fingerprint density at radius 2 is 2.27 bits per heavy atom. The second kappa shape index (κ2) is 4.37. The van der Waals surface area contributed by atoms with E-state index in [1.807, 2.05) is 0 Å². The summed E-state index contributed by atoms with van der Waals surface area (Å²) in [6.45, 7) is 1.50. The minimum atomic E-state index is -0.397. The van der Waals surface area contributed by atoms with Crippen molar-refractivity contribution < 1.29 is 14.4 Å². The van der Waals surface area contributed by atoms with Gasteiger partial charge in [0.15, 0.2) is 0 Å². The number of ether oxygens (including phenoxy) is 2. The van der Waals surface area contributed by atoms with Crippen molar-refractivity contribution in [3.05, 3.63) is 39.9 Å². The van der Waals surface area contributed by atoms with E-state index in [9.17, 15) is 10.1 Å². The van der Waals surface area contributed by atoms with Gasteiger partial charge in [-0.15, -0.1) is 0 Å². The number of hydrogen-bond donors (Lipinski definition) is 0. The molecule has 0 aliphatic carbocycles. The molecule has 5 heteroatoms. The lowest BCUT2D eigenvalue weighted by Crippen LogP contribution is -2.03. The first-order valence-corrected chi connectivity index (χ1v) is 4.69. The Hall–Kier alpha value is -1.46. The predicted molar refractivity (Wildman–Crippen MR) is 52.5 cm³/mol. The molecule has 0 bridgehead atoms. The van der Waals surface area contributed by atoms with Gasteiger partial charge in [-0.25, -0.2) is 0 Å². The summed E-state index contributed by atoms with van der Waals surface area (Å²) in [5, 5.41) is 10.7. The van der Waals surface area contributed by atoms with Gasteiger partial charge in [-0.1, -0.05) is 12.1 Å². The molecule has 1 atom stereocenters. The number of rotatable bonds is 5. The lowest BCUT2D eigenvalue weighted by molar-refractivity contribution is -0.385. The van der Waals surface area contributed by atoms with Crippen LogP contribution in [0.2, 0.25) is 0 Å². The molecule has 1 fully saturated rings. The zero-order valence-electron chi connectivity index (χ0n) is 8.09. The van der Waals surface area contributed by atoms with Gasteiger partial charge in [0.2, 0.25) is 0 Å². The fourth-order valence-corrected chi connectivity index (χ4v) is 1.28. The molecule has 0 aromatic heterocycles. The van der Waals surface area contributed by atoms with Crippen molar-refractivity contribution in [2.45, 2.75) is 12.7 Å². The van der Waals surface area contributed by atoms with E-state index < -0.39 is 4.92 Å². The van der Waals surface area contributed by atoms with Crippen LogP contribution in [0.15, 0.2) is 24.3 Å². The summed E-state index contributed by atoms with van der Waals surface area (Å²) < 4.78 is 10.3. The van der Waals surface area contributed by atoms with Crippen molar-refractivity contribution >= 4 is 5.69 Å². The molecule has 1 aromatic rings. The highest BCUT2D eigenvalue weighted by molar-refractivity contribution is 5.39. The lowest BCUT2D eigenvalue weighted by atomic mass is 10.2. The van der Waals surface area contributed by atoms with Crippen LogP contribution in [-0.2, 0) is 16.1 Å². The molecule has 1 heterocycles. The maximum Gasteiger partial charge on any atom is 0.274 e. The molecule has 2 rings (SSSR count). The summed E-state index contributed by atoms with van der Waals surface area (Å²) in [5.74, 6) is 0. The van der Waals surface area contributed by atoms with E-state index in [2.05, 4.69) is 0 Å². The highest BCUT2D eigenvalue weighted by atomic mass is 16.6. The van der Waals surface area contributed by atoms with Crippen LogP contribution in [-0.4, -0.2) is 24.2 Å². The molecule has 1 unspecified atom stereocenters. The smallest absolute Gasteiger partial charge is 0.274 e. The standard InChI is InChI=1S/C10H11NO4/c12-11(13)10-4-2-1-3-8(10)5-14-6-9-7-15-9/h1-4,9H,5-7H2. The first kappa shape index (κ1) is 10.1. The summed E-state index contributed by atoms with van der Waals surface area (Å²) in [4.78, 5) is 10.3. The molecule has 1 aliphatic rings. The number of nitro groups is 1. The second-order valence-electron chi connectivity index (χ2n) is 3.36. The number of hydrogen-bond acceptors (Lipinski definition) is 4. The molecular weight excluding hydrogens is 198 g/mol. The van der Waals surface area contributed by atoms with Crippen molar-refractivity contribution in [2.24, 2.45) is 0 Å². The monoisotopic (exact) mass is 209 g/mol. The van der Waals surface area contributed by atoms with Crippen LogP contribution < -0.4 is 0 Å². The third-order valence-electron chi connectivity index (χ3n) is 2.15. The molecule has 5 nitrogen and oxygen atoms in total. The summed E-state index contributed by atoms with van der Waals surface area (Å²) in [6, 6.07) is 6.59. The SMILES string of the molecule is O=[N+]([O-])c1ccccc1COCC1CO1. The zero-order chi connectivity index (χ0) is 10.7. The maximum absolute atomic E-state index is 10.7. The Balaban J connectivity index is 1.95. The van der Waals surface area contributed by atoms with Crippen LogP contribution in [0.5, 0.6) is 0 Å². The molecular formula is C10H11NO4. The second-order valence-corrected chi connectivity index (χ2v) is 3.36. The van der Waals surface area contributed by atoms with Crippen LogP contribution in [0.25, 0.3) is 0 Å². The molecule has 0 amide bonds. The first-order valence-electron chi connectivity index (χ1n) is 4.69. The Morgan fingerprint density at radius 1 is 1.53 bits per heavy atom. The van der Waals surface area contributed by atoms with Gasteiger partial charge in [0, 0.05) is 6.07 Å². The Labute approximate surface area is 86.8 Å². The average molecular weight is 209 g/mol. The Morgan fingerprint density at radius 3 is 2.93 bits per heavy atom. The van der Waals surface area contributed by atoms with Gasteiger partial charge in [0.05, 0.1) is 30.3 Å². The quantitative estimate of drug-likeness (QED) is 0.419. The zero-order valence-corrected chi connectivity index (χ0v) is 8.09. The minimum absolute atomic E-state index is 0.106. The summed E-state index contributed by atoms with van der Waals surface area (Å²) in [5.41, 5.74) is 0.706. The average Bonchev–Trinajstić information content (AvgIpc) is 3.02. The molecule has 0 radical (unpaired) electrons. The third-order valence-corrected chi connectivity index (χ3v) is 2.15. The van der Waals surface area contributed by atoms with Crippen LogP contribution in [0, 0.1) is 10.1 Å². The van der Waals surface area contributed by atoms with E-state index in [0.717, 1.165) is 6.61 Å². The summed E-state index contributed by atoms with van der Waals surface area (Å²) in [6.07, 6.45) is 0.188. The van der Waals surface area contributed by atoms with E-state index >= 15 is 0 Å². The number of nitro benzene ring substituents is 1. The van der Waals surface area contributed by atoms with Crippen molar-refractivity contribution in [1.82, 2.24) is 0 Å². The predicted octanol–water partition coefficient (Wildman–Crippen LogP) is 1.51. The van der Waals surface area contributed by atoms with Gasteiger partial charge >= 0.3 is 0 Å². The fourth-order valence-electron chi connectivity index (χ4n) is 1.28. The highest BCUT2D eigenvalue weighted by Crippen LogP contribution is 2.19.